The minimum atomic E-state index is -0.756. The van der Waals surface area contributed by atoms with Gasteiger partial charge in [0.25, 0.3) is 5.91 Å². The number of carbonyl (C=O) groups is 2. The highest BCUT2D eigenvalue weighted by atomic mass is 16.5. The van der Waals surface area contributed by atoms with Crippen LogP contribution in [-0.4, -0.2) is 37.7 Å². The summed E-state index contributed by atoms with van der Waals surface area (Å²) >= 11 is 0. The van der Waals surface area contributed by atoms with Crippen molar-refractivity contribution in [2.45, 2.75) is 31.8 Å². The molecule has 1 aliphatic heterocycles. The smallest absolute Gasteiger partial charge is 0.349 e. The topological polar surface area (TPSA) is 104 Å². The van der Waals surface area contributed by atoms with E-state index in [-0.39, 0.29) is 29.4 Å². The van der Waals surface area contributed by atoms with E-state index >= 15 is 0 Å². The van der Waals surface area contributed by atoms with Crippen molar-refractivity contribution in [1.29, 1.82) is 0 Å². The van der Waals surface area contributed by atoms with E-state index in [1.807, 2.05) is 30.3 Å². The Morgan fingerprint density at radius 1 is 1.06 bits per heavy atom. The number of amides is 1. The van der Waals surface area contributed by atoms with Gasteiger partial charge in [0, 0.05) is 31.0 Å². The Morgan fingerprint density at radius 3 is 2.70 bits per heavy atom. The largest absolute Gasteiger partial charge is 0.494 e. The number of esters is 1. The molecule has 1 aliphatic rings. The van der Waals surface area contributed by atoms with Crippen molar-refractivity contribution in [3.8, 4) is 11.5 Å². The summed E-state index contributed by atoms with van der Waals surface area (Å²) in [4.78, 5) is 36.8. The fourth-order valence-electron chi connectivity index (χ4n) is 3.53. The number of benzene rings is 2. The van der Waals surface area contributed by atoms with Gasteiger partial charge in [0.1, 0.15) is 22.6 Å². The second kappa shape index (κ2) is 10.8. The molecule has 1 unspecified atom stereocenters. The van der Waals surface area contributed by atoms with Gasteiger partial charge in [0.05, 0.1) is 12.7 Å². The number of hydrogen-bond donors (Lipinski definition) is 1. The van der Waals surface area contributed by atoms with E-state index in [9.17, 15) is 14.4 Å². The molecule has 0 bridgehead atoms. The number of hydrogen-bond acceptors (Lipinski definition) is 7. The highest BCUT2D eigenvalue weighted by molar-refractivity contribution is 5.96. The fourth-order valence-corrected chi connectivity index (χ4v) is 3.53. The van der Waals surface area contributed by atoms with Crippen LogP contribution in [0.25, 0.3) is 11.0 Å². The van der Waals surface area contributed by atoms with Gasteiger partial charge >= 0.3 is 11.6 Å². The molecule has 2 heterocycles. The van der Waals surface area contributed by atoms with Gasteiger partial charge in [-0.25, -0.2) is 4.79 Å². The van der Waals surface area contributed by atoms with E-state index in [0.717, 1.165) is 18.6 Å². The normalized spacial score (nSPS) is 15.3. The molecule has 0 radical (unpaired) electrons. The third kappa shape index (κ3) is 6.20. The second-order valence-electron chi connectivity index (χ2n) is 7.73. The summed E-state index contributed by atoms with van der Waals surface area (Å²) in [5.41, 5.74) is -0.606. The summed E-state index contributed by atoms with van der Waals surface area (Å²) in [6, 6.07) is 15.5. The van der Waals surface area contributed by atoms with E-state index in [1.54, 1.807) is 12.1 Å². The molecule has 3 aromatic rings. The van der Waals surface area contributed by atoms with Crippen molar-refractivity contribution in [2.75, 3.05) is 19.8 Å². The van der Waals surface area contributed by atoms with E-state index in [4.69, 9.17) is 18.6 Å². The first-order valence-corrected chi connectivity index (χ1v) is 10.9. The minimum Gasteiger partial charge on any atom is -0.494 e. The Hall–Kier alpha value is -3.65. The van der Waals surface area contributed by atoms with Crippen molar-refractivity contribution >= 4 is 22.8 Å². The van der Waals surface area contributed by atoms with Crippen molar-refractivity contribution in [3.63, 3.8) is 0 Å². The maximum atomic E-state index is 12.4. The van der Waals surface area contributed by atoms with Crippen LogP contribution in [-0.2, 0) is 9.53 Å². The molecule has 1 N–H and O–H groups in total. The lowest BCUT2D eigenvalue weighted by Gasteiger charge is -2.10. The van der Waals surface area contributed by atoms with Gasteiger partial charge in [-0.05, 0) is 49.6 Å². The van der Waals surface area contributed by atoms with Crippen molar-refractivity contribution in [2.24, 2.45) is 0 Å². The third-order valence-corrected chi connectivity index (χ3v) is 5.24. The van der Waals surface area contributed by atoms with Crippen LogP contribution in [0.5, 0.6) is 11.5 Å². The van der Waals surface area contributed by atoms with E-state index in [2.05, 4.69) is 5.32 Å². The quantitative estimate of drug-likeness (QED) is 0.230. The maximum absolute atomic E-state index is 12.4. The van der Waals surface area contributed by atoms with E-state index in [1.165, 1.54) is 12.1 Å². The van der Waals surface area contributed by atoms with Crippen molar-refractivity contribution < 1.29 is 28.2 Å². The van der Waals surface area contributed by atoms with Crippen LogP contribution in [0.4, 0.5) is 0 Å². The molecular formula is C25H25NO7. The van der Waals surface area contributed by atoms with Gasteiger partial charge in [-0.3, -0.25) is 9.59 Å². The molecule has 1 amide bonds. The lowest BCUT2D eigenvalue weighted by Crippen LogP contribution is -2.34. The number of ether oxygens (including phenoxy) is 3. The first kappa shape index (κ1) is 22.5. The standard InChI is InChI=1S/C25H25NO7/c27-23(9-5-13-30-18-6-2-1-3-7-18)32-19-11-10-17-14-21(25(29)33-22(17)15-19)24(28)26-16-20-8-4-12-31-20/h1-3,6-7,10-11,14-15,20H,4-5,8-9,12-13,16H2,(H,26,28). The zero-order valence-corrected chi connectivity index (χ0v) is 18.1. The average molecular weight is 451 g/mol. The number of fused-ring (bicyclic) bond motifs is 1. The summed E-state index contributed by atoms with van der Waals surface area (Å²) in [6.07, 6.45) is 2.50. The number of rotatable bonds is 9. The summed E-state index contributed by atoms with van der Waals surface area (Å²) in [5.74, 6) is 0.0819. The minimum absolute atomic E-state index is 0.0245. The van der Waals surface area contributed by atoms with Gasteiger partial charge in [-0.2, -0.15) is 0 Å². The predicted molar refractivity (Wildman–Crippen MR) is 121 cm³/mol. The van der Waals surface area contributed by atoms with Crippen molar-refractivity contribution in [1.82, 2.24) is 5.32 Å². The number of carbonyl (C=O) groups excluding carboxylic acids is 2. The highest BCUT2D eigenvalue weighted by Crippen LogP contribution is 2.21. The summed E-state index contributed by atoms with van der Waals surface area (Å²) in [5, 5.41) is 3.26. The van der Waals surface area contributed by atoms with Crippen LogP contribution >= 0.6 is 0 Å². The predicted octanol–water partition coefficient (Wildman–Crippen LogP) is 3.47. The first-order valence-electron chi connectivity index (χ1n) is 10.9. The van der Waals surface area contributed by atoms with Gasteiger partial charge in [0.2, 0.25) is 0 Å². The van der Waals surface area contributed by atoms with Gasteiger partial charge in [0.15, 0.2) is 0 Å². The van der Waals surface area contributed by atoms with Crippen LogP contribution in [0.15, 0.2) is 63.8 Å². The molecule has 0 aliphatic carbocycles. The fraction of sp³-hybridized carbons (Fsp3) is 0.320. The SMILES string of the molecule is O=C(CCCOc1ccccc1)Oc1ccc2cc(C(=O)NCC3CCCO3)c(=O)oc2c1. The van der Waals surface area contributed by atoms with Crippen LogP contribution < -0.4 is 20.4 Å². The molecule has 33 heavy (non-hydrogen) atoms. The average Bonchev–Trinajstić information content (AvgIpc) is 3.34. The molecule has 1 aromatic heterocycles. The van der Waals surface area contributed by atoms with Gasteiger partial charge in [-0.15, -0.1) is 0 Å². The summed E-state index contributed by atoms with van der Waals surface area (Å²) in [7, 11) is 0. The molecule has 172 valence electrons. The monoisotopic (exact) mass is 451 g/mol. The van der Waals surface area contributed by atoms with Gasteiger partial charge in [-0.1, -0.05) is 18.2 Å². The molecule has 8 nitrogen and oxygen atoms in total. The Morgan fingerprint density at radius 2 is 1.91 bits per heavy atom. The molecular weight excluding hydrogens is 426 g/mol. The summed E-state index contributed by atoms with van der Waals surface area (Å²) < 4.78 is 21.7. The molecule has 2 aromatic carbocycles. The Kier molecular flexibility index (Phi) is 7.36. The van der Waals surface area contributed by atoms with Crippen LogP contribution in [0.1, 0.15) is 36.0 Å². The third-order valence-electron chi connectivity index (χ3n) is 5.24. The van der Waals surface area contributed by atoms with Crippen LogP contribution in [0, 0.1) is 0 Å². The van der Waals surface area contributed by atoms with Crippen molar-refractivity contribution in [3.05, 3.63) is 70.6 Å². The molecule has 8 heteroatoms. The molecule has 0 saturated carbocycles. The lowest BCUT2D eigenvalue weighted by atomic mass is 10.1. The van der Waals surface area contributed by atoms with E-state index < -0.39 is 17.5 Å². The zero-order chi connectivity index (χ0) is 23.0. The Labute approximate surface area is 190 Å². The highest BCUT2D eigenvalue weighted by Gasteiger charge is 2.19. The van der Waals surface area contributed by atoms with Gasteiger partial charge < -0.3 is 23.9 Å². The molecule has 1 atom stereocenters. The molecule has 0 spiro atoms. The zero-order valence-electron chi connectivity index (χ0n) is 18.1. The molecule has 1 saturated heterocycles. The van der Waals surface area contributed by atoms with Crippen LogP contribution in [0.3, 0.4) is 0 Å². The summed E-state index contributed by atoms with van der Waals surface area (Å²) in [6.45, 7) is 1.43. The second-order valence-corrected chi connectivity index (χ2v) is 7.73. The Balaban J connectivity index is 1.31. The van der Waals surface area contributed by atoms with E-state index in [0.29, 0.717) is 31.6 Å². The molecule has 4 rings (SSSR count). The Bertz CT molecular complexity index is 1170. The lowest BCUT2D eigenvalue weighted by molar-refractivity contribution is -0.134. The maximum Gasteiger partial charge on any atom is 0.349 e. The number of para-hydroxylation sites is 1. The first-order chi connectivity index (χ1) is 16.1. The van der Waals surface area contributed by atoms with Crippen LogP contribution in [0.2, 0.25) is 0 Å². The number of nitrogens with one attached hydrogen (secondary N) is 1. The molecule has 1 fully saturated rings.